The van der Waals surface area contributed by atoms with Crippen LogP contribution in [0.15, 0.2) is 10.5 Å². The molecule has 0 saturated heterocycles. The van der Waals surface area contributed by atoms with Crippen LogP contribution in [0.5, 0.6) is 0 Å². The van der Waals surface area contributed by atoms with E-state index in [1.54, 1.807) is 11.8 Å². The molecule has 2 N–H and O–H groups in total. The van der Waals surface area contributed by atoms with E-state index in [-0.39, 0.29) is 18.1 Å². The standard InChI is InChI=1S/C15H24N2O4/c1-5-10(3)9-17(6-2)15(20)16-8-12-7-13(14(18)19)11(4)21-12/h7,10H,5-6,8-9H2,1-4H3,(H,16,20)(H,18,19). The van der Waals surface area contributed by atoms with E-state index in [0.29, 0.717) is 30.5 Å². The number of furan rings is 1. The Morgan fingerprint density at radius 3 is 2.57 bits per heavy atom. The van der Waals surface area contributed by atoms with Crippen LogP contribution in [0.1, 0.15) is 49.1 Å². The maximum absolute atomic E-state index is 12.1. The van der Waals surface area contributed by atoms with Crippen LogP contribution in [0, 0.1) is 12.8 Å². The van der Waals surface area contributed by atoms with Crippen molar-refractivity contribution >= 4 is 12.0 Å². The number of nitrogens with zero attached hydrogens (tertiary/aromatic N) is 1. The molecule has 6 nitrogen and oxygen atoms in total. The fourth-order valence-corrected chi connectivity index (χ4v) is 1.98. The van der Waals surface area contributed by atoms with E-state index < -0.39 is 5.97 Å². The molecule has 1 aromatic heterocycles. The minimum absolute atomic E-state index is 0.131. The lowest BCUT2D eigenvalue weighted by molar-refractivity contribution is 0.0695. The summed E-state index contributed by atoms with van der Waals surface area (Å²) in [5.41, 5.74) is 0.131. The number of hydrogen-bond donors (Lipinski definition) is 2. The average molecular weight is 296 g/mol. The maximum atomic E-state index is 12.1. The van der Waals surface area contributed by atoms with Crippen LogP contribution < -0.4 is 5.32 Å². The molecule has 0 aliphatic rings. The maximum Gasteiger partial charge on any atom is 0.339 e. The zero-order valence-electron chi connectivity index (χ0n) is 13.1. The first-order valence-electron chi connectivity index (χ1n) is 7.24. The summed E-state index contributed by atoms with van der Waals surface area (Å²) in [6, 6.07) is 1.28. The molecule has 6 heteroatoms. The summed E-state index contributed by atoms with van der Waals surface area (Å²) in [5, 5.41) is 11.7. The van der Waals surface area contributed by atoms with Crippen molar-refractivity contribution in [1.82, 2.24) is 10.2 Å². The number of hydrogen-bond acceptors (Lipinski definition) is 3. The SMILES string of the molecule is CCC(C)CN(CC)C(=O)NCc1cc(C(=O)O)c(C)o1. The van der Waals surface area contributed by atoms with Crippen molar-refractivity contribution in [3.05, 3.63) is 23.2 Å². The molecule has 1 rings (SSSR count). The van der Waals surface area contributed by atoms with Gasteiger partial charge in [0.25, 0.3) is 0 Å². The Balaban J connectivity index is 2.59. The number of carboxylic acid groups (broad SMARTS) is 1. The normalized spacial score (nSPS) is 12.0. The number of urea groups is 1. The van der Waals surface area contributed by atoms with Gasteiger partial charge in [-0.2, -0.15) is 0 Å². The number of amides is 2. The number of carbonyl (C=O) groups excluding carboxylic acids is 1. The molecule has 0 saturated carbocycles. The van der Waals surface area contributed by atoms with Crippen LogP contribution in [0.2, 0.25) is 0 Å². The number of carbonyl (C=O) groups is 2. The Morgan fingerprint density at radius 1 is 1.43 bits per heavy atom. The fourth-order valence-electron chi connectivity index (χ4n) is 1.98. The van der Waals surface area contributed by atoms with Gasteiger partial charge in [-0.1, -0.05) is 20.3 Å². The largest absolute Gasteiger partial charge is 0.478 e. The van der Waals surface area contributed by atoms with Gasteiger partial charge in [0, 0.05) is 13.1 Å². The number of aryl methyl sites for hydroxylation is 1. The van der Waals surface area contributed by atoms with Crippen LogP contribution in [-0.4, -0.2) is 35.1 Å². The summed E-state index contributed by atoms with van der Waals surface area (Å²) in [7, 11) is 0. The highest BCUT2D eigenvalue weighted by Gasteiger charge is 2.16. The zero-order chi connectivity index (χ0) is 16.0. The Bertz CT molecular complexity index is 496. The van der Waals surface area contributed by atoms with Gasteiger partial charge in [-0.25, -0.2) is 9.59 Å². The Labute approximate surface area is 125 Å². The highest BCUT2D eigenvalue weighted by Crippen LogP contribution is 2.14. The lowest BCUT2D eigenvalue weighted by Gasteiger charge is -2.24. The molecule has 0 aliphatic carbocycles. The summed E-state index contributed by atoms with van der Waals surface area (Å²) < 4.78 is 5.33. The Kier molecular flexibility index (Phi) is 6.27. The molecule has 1 heterocycles. The van der Waals surface area contributed by atoms with Crippen LogP contribution >= 0.6 is 0 Å². The third-order valence-electron chi connectivity index (χ3n) is 3.51. The molecule has 0 fully saturated rings. The minimum atomic E-state index is -1.03. The van der Waals surface area contributed by atoms with Crippen LogP contribution in [-0.2, 0) is 6.54 Å². The Hall–Kier alpha value is -1.98. The van der Waals surface area contributed by atoms with Gasteiger partial charge in [-0.05, 0) is 25.8 Å². The van der Waals surface area contributed by atoms with E-state index in [4.69, 9.17) is 9.52 Å². The smallest absolute Gasteiger partial charge is 0.339 e. The quantitative estimate of drug-likeness (QED) is 0.810. The first kappa shape index (κ1) is 17.1. The monoisotopic (exact) mass is 296 g/mol. The third-order valence-corrected chi connectivity index (χ3v) is 3.51. The van der Waals surface area contributed by atoms with E-state index in [2.05, 4.69) is 19.2 Å². The Morgan fingerprint density at radius 2 is 2.10 bits per heavy atom. The van der Waals surface area contributed by atoms with Crippen LogP contribution in [0.4, 0.5) is 4.79 Å². The van der Waals surface area contributed by atoms with E-state index >= 15 is 0 Å². The molecule has 1 unspecified atom stereocenters. The van der Waals surface area contributed by atoms with Gasteiger partial charge in [0.1, 0.15) is 17.1 Å². The molecular weight excluding hydrogens is 272 g/mol. The number of nitrogens with one attached hydrogen (secondary N) is 1. The van der Waals surface area contributed by atoms with Crippen molar-refractivity contribution in [2.75, 3.05) is 13.1 Å². The second-order valence-corrected chi connectivity index (χ2v) is 5.20. The van der Waals surface area contributed by atoms with Crippen molar-refractivity contribution < 1.29 is 19.1 Å². The van der Waals surface area contributed by atoms with Gasteiger partial charge in [-0.3, -0.25) is 0 Å². The number of rotatable bonds is 7. The van der Waals surface area contributed by atoms with Crippen LogP contribution in [0.25, 0.3) is 0 Å². The summed E-state index contributed by atoms with van der Waals surface area (Å²) in [4.78, 5) is 24.7. The van der Waals surface area contributed by atoms with Gasteiger partial charge >= 0.3 is 12.0 Å². The topological polar surface area (TPSA) is 82.8 Å². The third kappa shape index (κ3) is 4.81. The highest BCUT2D eigenvalue weighted by atomic mass is 16.4. The lowest BCUT2D eigenvalue weighted by Crippen LogP contribution is -2.41. The molecular formula is C15H24N2O4. The molecule has 0 radical (unpaired) electrons. The van der Waals surface area contributed by atoms with E-state index in [9.17, 15) is 9.59 Å². The molecule has 0 spiro atoms. The average Bonchev–Trinajstić information content (AvgIpc) is 2.83. The van der Waals surface area contributed by atoms with Gasteiger partial charge in [-0.15, -0.1) is 0 Å². The van der Waals surface area contributed by atoms with Gasteiger partial charge in [0.2, 0.25) is 0 Å². The van der Waals surface area contributed by atoms with Crippen molar-refractivity contribution in [1.29, 1.82) is 0 Å². The van der Waals surface area contributed by atoms with E-state index in [1.807, 2.05) is 6.92 Å². The summed E-state index contributed by atoms with van der Waals surface area (Å²) in [6.45, 7) is 9.24. The highest BCUT2D eigenvalue weighted by molar-refractivity contribution is 5.88. The van der Waals surface area contributed by atoms with Crippen molar-refractivity contribution in [2.24, 2.45) is 5.92 Å². The predicted molar refractivity (Wildman–Crippen MR) is 79.3 cm³/mol. The van der Waals surface area contributed by atoms with E-state index in [1.165, 1.54) is 6.07 Å². The molecule has 2 amide bonds. The second-order valence-electron chi connectivity index (χ2n) is 5.20. The first-order valence-corrected chi connectivity index (χ1v) is 7.24. The molecule has 0 aromatic carbocycles. The molecule has 1 atom stereocenters. The van der Waals surface area contributed by atoms with Crippen molar-refractivity contribution in [3.63, 3.8) is 0 Å². The summed E-state index contributed by atoms with van der Waals surface area (Å²) in [6.07, 6.45) is 1.02. The van der Waals surface area contributed by atoms with Crippen molar-refractivity contribution in [3.8, 4) is 0 Å². The molecule has 0 aliphatic heterocycles. The predicted octanol–water partition coefficient (Wildman–Crippen LogP) is 2.86. The molecule has 118 valence electrons. The molecule has 21 heavy (non-hydrogen) atoms. The summed E-state index contributed by atoms with van der Waals surface area (Å²) in [5.74, 6) is 0.206. The van der Waals surface area contributed by atoms with Gasteiger partial charge in [0.05, 0.1) is 6.54 Å². The van der Waals surface area contributed by atoms with Crippen LogP contribution in [0.3, 0.4) is 0 Å². The molecule has 1 aromatic rings. The lowest BCUT2D eigenvalue weighted by atomic mass is 10.1. The molecule has 0 bridgehead atoms. The van der Waals surface area contributed by atoms with Gasteiger partial charge in [0.15, 0.2) is 0 Å². The van der Waals surface area contributed by atoms with E-state index in [0.717, 1.165) is 6.42 Å². The fraction of sp³-hybridized carbons (Fsp3) is 0.600. The minimum Gasteiger partial charge on any atom is -0.478 e. The number of aromatic carboxylic acids is 1. The zero-order valence-corrected chi connectivity index (χ0v) is 13.1. The summed E-state index contributed by atoms with van der Waals surface area (Å²) >= 11 is 0. The van der Waals surface area contributed by atoms with Gasteiger partial charge < -0.3 is 19.7 Å². The first-order chi connectivity index (χ1) is 9.88. The second kappa shape index (κ2) is 7.71. The van der Waals surface area contributed by atoms with Crippen molar-refractivity contribution in [2.45, 2.75) is 40.7 Å². The number of carboxylic acids is 1.